The van der Waals surface area contributed by atoms with E-state index in [0.29, 0.717) is 6.42 Å². The van der Waals surface area contributed by atoms with E-state index in [0.717, 1.165) is 25.1 Å². The van der Waals surface area contributed by atoms with Crippen molar-refractivity contribution in [3.63, 3.8) is 0 Å². The van der Waals surface area contributed by atoms with Crippen molar-refractivity contribution in [1.29, 1.82) is 0 Å². The highest BCUT2D eigenvalue weighted by molar-refractivity contribution is 5.09. The Morgan fingerprint density at radius 2 is 2.38 bits per heavy atom. The van der Waals surface area contributed by atoms with Crippen LogP contribution in [-0.4, -0.2) is 25.5 Å². The lowest BCUT2D eigenvalue weighted by Gasteiger charge is -2.27. The van der Waals surface area contributed by atoms with Gasteiger partial charge in [0.05, 0.1) is 5.60 Å². The zero-order valence-corrected chi connectivity index (χ0v) is 9.93. The lowest BCUT2D eigenvalue weighted by molar-refractivity contribution is 0.0715. The Morgan fingerprint density at radius 1 is 1.56 bits per heavy atom. The van der Waals surface area contributed by atoms with Crippen LogP contribution < -0.4 is 0 Å². The van der Waals surface area contributed by atoms with Gasteiger partial charge in [0.2, 0.25) is 0 Å². The molecule has 0 saturated heterocycles. The van der Waals surface area contributed by atoms with Gasteiger partial charge in [-0.05, 0) is 33.1 Å². The molecule has 1 aromatic rings. The van der Waals surface area contributed by atoms with E-state index in [1.165, 1.54) is 0 Å². The number of hydrogen-bond acceptors (Lipinski definition) is 3. The van der Waals surface area contributed by atoms with E-state index in [4.69, 9.17) is 0 Å². The summed E-state index contributed by atoms with van der Waals surface area (Å²) in [5.74, 6) is 0.865. The number of rotatable bonds is 3. The quantitative estimate of drug-likeness (QED) is 0.793. The summed E-state index contributed by atoms with van der Waals surface area (Å²) in [7, 11) is 0. The van der Waals surface area contributed by atoms with Gasteiger partial charge in [-0.3, -0.25) is 0 Å². The first-order chi connectivity index (χ1) is 7.61. The molecule has 1 unspecified atom stereocenters. The number of hydrogen-bond donors (Lipinski definition) is 1. The average Bonchev–Trinajstić information content (AvgIpc) is 2.66. The summed E-state index contributed by atoms with van der Waals surface area (Å²) in [5.41, 5.74) is -0.724. The zero-order chi connectivity index (χ0) is 11.6. The highest BCUT2D eigenvalue weighted by Crippen LogP contribution is 2.25. The average molecular weight is 221 g/mol. The van der Waals surface area contributed by atoms with E-state index in [2.05, 4.69) is 30.0 Å². The number of aliphatic hydroxyl groups is 1. The summed E-state index contributed by atoms with van der Waals surface area (Å²) in [6, 6.07) is 0.286. The summed E-state index contributed by atoms with van der Waals surface area (Å²) in [5, 5.41) is 14.6. The van der Waals surface area contributed by atoms with Crippen LogP contribution in [0, 0.1) is 0 Å². The van der Waals surface area contributed by atoms with Crippen molar-refractivity contribution in [2.75, 3.05) is 0 Å². The van der Waals surface area contributed by atoms with Crippen molar-refractivity contribution in [2.45, 2.75) is 51.2 Å². The van der Waals surface area contributed by atoms with Crippen LogP contribution in [0.2, 0.25) is 0 Å². The van der Waals surface area contributed by atoms with Gasteiger partial charge in [0.15, 0.2) is 0 Å². The topological polar surface area (TPSA) is 50.9 Å². The van der Waals surface area contributed by atoms with Crippen LogP contribution in [-0.2, 0) is 6.42 Å². The molecule has 0 saturated carbocycles. The molecule has 1 aromatic heterocycles. The van der Waals surface area contributed by atoms with Gasteiger partial charge in [-0.15, -0.1) is 0 Å². The summed E-state index contributed by atoms with van der Waals surface area (Å²) in [6.45, 7) is 4.14. The predicted octanol–water partition coefficient (Wildman–Crippen LogP) is 1.87. The minimum atomic E-state index is -0.724. The second-order valence-corrected chi connectivity index (χ2v) is 4.79. The van der Waals surface area contributed by atoms with Crippen LogP contribution in [0.4, 0.5) is 0 Å². The zero-order valence-electron chi connectivity index (χ0n) is 9.93. The fraction of sp³-hybridized carbons (Fsp3) is 0.667. The first kappa shape index (κ1) is 11.3. The first-order valence-electron chi connectivity index (χ1n) is 5.89. The highest BCUT2D eigenvalue weighted by atomic mass is 16.3. The molecule has 1 atom stereocenters. The van der Waals surface area contributed by atoms with Gasteiger partial charge < -0.3 is 5.11 Å². The van der Waals surface area contributed by atoms with E-state index in [-0.39, 0.29) is 6.04 Å². The summed E-state index contributed by atoms with van der Waals surface area (Å²) < 4.78 is 1.88. The molecule has 0 radical (unpaired) electrons. The molecular formula is C12H19N3O. The van der Waals surface area contributed by atoms with Crippen LogP contribution in [0.5, 0.6) is 0 Å². The van der Waals surface area contributed by atoms with Crippen LogP contribution in [0.1, 0.15) is 45.0 Å². The molecule has 16 heavy (non-hydrogen) atoms. The number of allylic oxidation sites excluding steroid dienone is 1. The molecule has 0 fully saturated rings. The molecule has 1 aliphatic carbocycles. The van der Waals surface area contributed by atoms with Gasteiger partial charge >= 0.3 is 0 Å². The normalized spacial score (nSPS) is 25.2. The smallest absolute Gasteiger partial charge is 0.138 e. The molecule has 0 spiro atoms. The molecule has 1 N–H and O–H groups in total. The Kier molecular flexibility index (Phi) is 3.10. The molecular weight excluding hydrogens is 202 g/mol. The SMILES string of the molecule is CC(C)n1ncnc1CC1(O)C=CCCC1. The van der Waals surface area contributed by atoms with Crippen molar-refractivity contribution in [2.24, 2.45) is 0 Å². The standard InChI is InChI=1S/C12H19N3O/c1-10(2)15-11(13-9-14-15)8-12(16)6-4-3-5-7-12/h4,6,9-10,16H,3,5,7-8H2,1-2H3. The van der Waals surface area contributed by atoms with E-state index >= 15 is 0 Å². The van der Waals surface area contributed by atoms with Gasteiger partial charge in [-0.1, -0.05) is 12.2 Å². The second-order valence-electron chi connectivity index (χ2n) is 4.79. The summed E-state index contributed by atoms with van der Waals surface area (Å²) in [6.07, 6.45) is 9.01. The monoisotopic (exact) mass is 221 g/mol. The Bertz CT molecular complexity index is 383. The fourth-order valence-electron chi connectivity index (χ4n) is 2.17. The van der Waals surface area contributed by atoms with Crippen LogP contribution >= 0.6 is 0 Å². The third-order valence-corrected chi connectivity index (χ3v) is 3.01. The number of nitrogens with zero attached hydrogens (tertiary/aromatic N) is 3. The van der Waals surface area contributed by atoms with Crippen LogP contribution in [0.25, 0.3) is 0 Å². The largest absolute Gasteiger partial charge is 0.385 e. The molecule has 0 amide bonds. The Balaban J connectivity index is 2.16. The maximum atomic E-state index is 10.4. The van der Waals surface area contributed by atoms with Gasteiger partial charge in [0.1, 0.15) is 12.2 Å². The lowest BCUT2D eigenvalue weighted by Crippen LogP contribution is -2.32. The third kappa shape index (κ3) is 2.32. The maximum absolute atomic E-state index is 10.4. The van der Waals surface area contributed by atoms with Crippen molar-refractivity contribution < 1.29 is 5.11 Å². The molecule has 1 heterocycles. The molecule has 4 heteroatoms. The van der Waals surface area contributed by atoms with E-state index in [1.807, 2.05) is 10.8 Å². The first-order valence-corrected chi connectivity index (χ1v) is 5.89. The molecule has 0 bridgehead atoms. The molecule has 88 valence electrons. The Morgan fingerprint density at radius 3 is 3.00 bits per heavy atom. The second kappa shape index (κ2) is 4.37. The van der Waals surface area contributed by atoms with Crippen molar-refractivity contribution in [3.8, 4) is 0 Å². The molecule has 4 nitrogen and oxygen atoms in total. The third-order valence-electron chi connectivity index (χ3n) is 3.01. The molecule has 0 aliphatic heterocycles. The summed E-state index contributed by atoms with van der Waals surface area (Å²) >= 11 is 0. The van der Waals surface area contributed by atoms with Gasteiger partial charge in [-0.2, -0.15) is 5.10 Å². The minimum absolute atomic E-state index is 0.286. The van der Waals surface area contributed by atoms with E-state index in [9.17, 15) is 5.11 Å². The van der Waals surface area contributed by atoms with E-state index < -0.39 is 5.60 Å². The van der Waals surface area contributed by atoms with Crippen molar-refractivity contribution in [1.82, 2.24) is 14.8 Å². The number of aromatic nitrogens is 3. The van der Waals surface area contributed by atoms with Gasteiger partial charge in [0.25, 0.3) is 0 Å². The predicted molar refractivity (Wildman–Crippen MR) is 62.1 cm³/mol. The fourth-order valence-corrected chi connectivity index (χ4v) is 2.17. The molecule has 1 aliphatic rings. The van der Waals surface area contributed by atoms with Crippen LogP contribution in [0.15, 0.2) is 18.5 Å². The summed E-state index contributed by atoms with van der Waals surface area (Å²) in [4.78, 5) is 4.23. The Hall–Kier alpha value is -1.16. The van der Waals surface area contributed by atoms with Crippen LogP contribution in [0.3, 0.4) is 0 Å². The lowest BCUT2D eigenvalue weighted by atomic mass is 9.88. The van der Waals surface area contributed by atoms with Crippen molar-refractivity contribution in [3.05, 3.63) is 24.3 Å². The minimum Gasteiger partial charge on any atom is -0.385 e. The maximum Gasteiger partial charge on any atom is 0.138 e. The molecule has 2 rings (SSSR count). The molecule has 0 aromatic carbocycles. The van der Waals surface area contributed by atoms with Gasteiger partial charge in [-0.25, -0.2) is 9.67 Å². The van der Waals surface area contributed by atoms with E-state index in [1.54, 1.807) is 6.33 Å². The van der Waals surface area contributed by atoms with Crippen molar-refractivity contribution >= 4 is 0 Å². The highest BCUT2D eigenvalue weighted by Gasteiger charge is 2.28. The van der Waals surface area contributed by atoms with Gasteiger partial charge in [0, 0.05) is 12.5 Å². The Labute approximate surface area is 96.0 Å².